The molecule has 1 aromatic carbocycles. The zero-order valence-electron chi connectivity index (χ0n) is 12.9. The minimum Gasteiger partial charge on any atom is -0.495 e. The SMILES string of the molecule is COc1ccc(CCC(=O)O)cc1S(=O)(=O)N1CCC(O)CC1. The molecule has 0 aromatic heterocycles. The lowest BCUT2D eigenvalue weighted by Crippen LogP contribution is -2.40. The molecule has 2 rings (SSSR count). The van der Waals surface area contributed by atoms with E-state index in [9.17, 15) is 18.3 Å². The van der Waals surface area contributed by atoms with Crippen molar-refractivity contribution < 1.29 is 28.2 Å². The average Bonchev–Trinajstić information content (AvgIpc) is 2.53. The van der Waals surface area contributed by atoms with Crippen molar-refractivity contribution in [3.63, 3.8) is 0 Å². The second-order valence-corrected chi connectivity index (χ2v) is 7.42. The zero-order chi connectivity index (χ0) is 17.0. The van der Waals surface area contributed by atoms with Crippen LogP contribution in [-0.4, -0.2) is 55.2 Å². The van der Waals surface area contributed by atoms with Crippen LogP contribution in [0.2, 0.25) is 0 Å². The predicted octanol–water partition coefficient (Wildman–Crippen LogP) is 0.858. The number of benzene rings is 1. The molecule has 1 saturated heterocycles. The number of aliphatic carboxylic acids is 1. The first kappa shape index (κ1) is 17.7. The van der Waals surface area contributed by atoms with Crippen LogP contribution in [0.3, 0.4) is 0 Å². The molecule has 0 saturated carbocycles. The molecule has 0 bridgehead atoms. The standard InChI is InChI=1S/C15H21NO6S/c1-22-13-4-2-11(3-5-15(18)19)10-14(13)23(20,21)16-8-6-12(17)7-9-16/h2,4,10,12,17H,3,5-9H2,1H3,(H,18,19). The number of methoxy groups -OCH3 is 1. The number of sulfonamides is 1. The Labute approximate surface area is 135 Å². The molecular weight excluding hydrogens is 322 g/mol. The van der Waals surface area contributed by atoms with Crippen LogP contribution in [0.4, 0.5) is 0 Å². The maximum atomic E-state index is 12.8. The molecule has 0 spiro atoms. The van der Waals surface area contributed by atoms with Crippen molar-refractivity contribution in [1.82, 2.24) is 4.31 Å². The lowest BCUT2D eigenvalue weighted by Gasteiger charge is -2.29. The molecule has 1 heterocycles. The van der Waals surface area contributed by atoms with E-state index in [4.69, 9.17) is 9.84 Å². The minimum absolute atomic E-state index is 0.0410. The molecule has 128 valence electrons. The van der Waals surface area contributed by atoms with E-state index in [1.54, 1.807) is 12.1 Å². The van der Waals surface area contributed by atoms with Gasteiger partial charge in [-0.2, -0.15) is 4.31 Å². The summed E-state index contributed by atoms with van der Waals surface area (Å²) in [6.07, 6.45) is 0.522. The van der Waals surface area contributed by atoms with Crippen LogP contribution in [0, 0.1) is 0 Å². The van der Waals surface area contributed by atoms with Crippen LogP contribution in [-0.2, 0) is 21.2 Å². The Hall–Kier alpha value is -1.64. The highest BCUT2D eigenvalue weighted by Crippen LogP contribution is 2.30. The summed E-state index contributed by atoms with van der Waals surface area (Å²) in [5, 5.41) is 18.3. The molecule has 2 N–H and O–H groups in total. The number of aliphatic hydroxyl groups excluding tert-OH is 1. The number of aliphatic hydroxyl groups is 1. The van der Waals surface area contributed by atoms with Crippen LogP contribution >= 0.6 is 0 Å². The molecule has 1 fully saturated rings. The summed E-state index contributed by atoms with van der Waals surface area (Å²) < 4.78 is 32.1. The number of piperidine rings is 1. The van der Waals surface area contributed by atoms with Crippen molar-refractivity contribution >= 4 is 16.0 Å². The van der Waals surface area contributed by atoms with Crippen LogP contribution in [0.5, 0.6) is 5.75 Å². The number of aryl methyl sites for hydroxylation is 1. The van der Waals surface area contributed by atoms with Gasteiger partial charge in [-0.3, -0.25) is 4.79 Å². The number of carboxylic acid groups (broad SMARTS) is 1. The average molecular weight is 343 g/mol. The van der Waals surface area contributed by atoms with Gasteiger partial charge in [0.1, 0.15) is 10.6 Å². The maximum Gasteiger partial charge on any atom is 0.303 e. The molecule has 0 unspecified atom stereocenters. The van der Waals surface area contributed by atoms with E-state index in [0.29, 0.717) is 18.4 Å². The summed E-state index contributed by atoms with van der Waals surface area (Å²) >= 11 is 0. The summed E-state index contributed by atoms with van der Waals surface area (Å²) in [5.41, 5.74) is 0.629. The van der Waals surface area contributed by atoms with Gasteiger partial charge in [0.15, 0.2) is 0 Å². The number of hydrogen-bond donors (Lipinski definition) is 2. The lowest BCUT2D eigenvalue weighted by atomic mass is 10.1. The van der Waals surface area contributed by atoms with E-state index in [1.807, 2.05) is 0 Å². The first-order chi connectivity index (χ1) is 10.8. The van der Waals surface area contributed by atoms with Gasteiger partial charge in [-0.05, 0) is 37.0 Å². The molecule has 0 radical (unpaired) electrons. The van der Waals surface area contributed by atoms with Gasteiger partial charge in [0.25, 0.3) is 0 Å². The number of hydrogen-bond acceptors (Lipinski definition) is 5. The molecule has 0 aliphatic carbocycles. The smallest absolute Gasteiger partial charge is 0.303 e. The van der Waals surface area contributed by atoms with E-state index in [2.05, 4.69) is 0 Å². The van der Waals surface area contributed by atoms with Gasteiger partial charge in [0.2, 0.25) is 10.0 Å². The Morgan fingerprint density at radius 2 is 2.00 bits per heavy atom. The summed E-state index contributed by atoms with van der Waals surface area (Å²) in [4.78, 5) is 10.7. The quantitative estimate of drug-likeness (QED) is 0.794. The van der Waals surface area contributed by atoms with E-state index in [1.165, 1.54) is 17.5 Å². The molecule has 1 aromatic rings. The largest absolute Gasteiger partial charge is 0.495 e. The Balaban J connectivity index is 2.31. The number of nitrogens with zero attached hydrogens (tertiary/aromatic N) is 1. The van der Waals surface area contributed by atoms with E-state index in [-0.39, 0.29) is 36.6 Å². The normalized spacial score (nSPS) is 17.1. The minimum atomic E-state index is -3.74. The number of rotatable bonds is 6. The highest BCUT2D eigenvalue weighted by atomic mass is 32.2. The Morgan fingerprint density at radius 3 is 2.57 bits per heavy atom. The van der Waals surface area contributed by atoms with Crippen molar-refractivity contribution in [2.75, 3.05) is 20.2 Å². The molecule has 0 atom stereocenters. The monoisotopic (exact) mass is 343 g/mol. The lowest BCUT2D eigenvalue weighted by molar-refractivity contribution is -0.136. The van der Waals surface area contributed by atoms with Crippen LogP contribution < -0.4 is 4.74 Å². The molecule has 1 aliphatic rings. The zero-order valence-corrected chi connectivity index (χ0v) is 13.8. The number of carbonyl (C=O) groups is 1. The third-order valence-electron chi connectivity index (χ3n) is 3.90. The van der Waals surface area contributed by atoms with Gasteiger partial charge in [-0.25, -0.2) is 8.42 Å². The van der Waals surface area contributed by atoms with Crippen LogP contribution in [0.15, 0.2) is 23.1 Å². The summed E-state index contributed by atoms with van der Waals surface area (Å²) in [7, 11) is -2.35. The fourth-order valence-electron chi connectivity index (χ4n) is 2.55. The first-order valence-electron chi connectivity index (χ1n) is 7.41. The third kappa shape index (κ3) is 4.21. The van der Waals surface area contributed by atoms with E-state index >= 15 is 0 Å². The van der Waals surface area contributed by atoms with Crippen LogP contribution in [0.1, 0.15) is 24.8 Å². The van der Waals surface area contributed by atoms with E-state index in [0.717, 1.165) is 0 Å². The van der Waals surface area contributed by atoms with Gasteiger partial charge in [-0.1, -0.05) is 6.07 Å². The number of carboxylic acids is 1. The van der Waals surface area contributed by atoms with Crippen molar-refractivity contribution in [1.29, 1.82) is 0 Å². The fraction of sp³-hybridized carbons (Fsp3) is 0.533. The Morgan fingerprint density at radius 1 is 1.35 bits per heavy atom. The van der Waals surface area contributed by atoms with Crippen LogP contribution in [0.25, 0.3) is 0 Å². The second-order valence-electron chi connectivity index (χ2n) is 5.51. The fourth-order valence-corrected chi connectivity index (χ4v) is 4.23. The van der Waals surface area contributed by atoms with Crippen molar-refractivity contribution in [3.05, 3.63) is 23.8 Å². The van der Waals surface area contributed by atoms with Gasteiger partial charge in [-0.15, -0.1) is 0 Å². The predicted molar refractivity (Wildman–Crippen MR) is 83.0 cm³/mol. The number of ether oxygens (including phenoxy) is 1. The van der Waals surface area contributed by atoms with Gasteiger partial charge < -0.3 is 14.9 Å². The van der Waals surface area contributed by atoms with Gasteiger partial charge in [0, 0.05) is 19.5 Å². The highest BCUT2D eigenvalue weighted by molar-refractivity contribution is 7.89. The van der Waals surface area contributed by atoms with Gasteiger partial charge >= 0.3 is 5.97 Å². The summed E-state index contributed by atoms with van der Waals surface area (Å²) in [6.45, 7) is 0.512. The van der Waals surface area contributed by atoms with Crippen molar-refractivity contribution in [2.45, 2.75) is 36.7 Å². The molecule has 7 nitrogen and oxygen atoms in total. The summed E-state index contributed by atoms with van der Waals surface area (Å²) in [5.74, 6) is -0.703. The molecule has 0 amide bonds. The van der Waals surface area contributed by atoms with Crippen molar-refractivity contribution in [2.24, 2.45) is 0 Å². The molecule has 8 heteroatoms. The van der Waals surface area contributed by atoms with E-state index < -0.39 is 22.1 Å². The Bertz CT molecular complexity index is 665. The Kier molecular flexibility index (Phi) is 5.61. The first-order valence-corrected chi connectivity index (χ1v) is 8.85. The summed E-state index contributed by atoms with van der Waals surface area (Å²) in [6, 6.07) is 4.69. The maximum absolute atomic E-state index is 12.8. The molecule has 23 heavy (non-hydrogen) atoms. The third-order valence-corrected chi connectivity index (χ3v) is 5.82. The van der Waals surface area contributed by atoms with Gasteiger partial charge in [0.05, 0.1) is 13.2 Å². The molecule has 1 aliphatic heterocycles. The second kappa shape index (κ2) is 7.29. The topological polar surface area (TPSA) is 104 Å². The molecular formula is C15H21NO6S. The van der Waals surface area contributed by atoms with Crippen molar-refractivity contribution in [3.8, 4) is 5.75 Å². The highest BCUT2D eigenvalue weighted by Gasteiger charge is 2.31.